The van der Waals surface area contributed by atoms with Gasteiger partial charge in [0.05, 0.1) is 12.6 Å². The molecule has 2 atom stereocenters. The Bertz CT molecular complexity index is 692. The average Bonchev–Trinajstić information content (AvgIpc) is 2.65. The molecule has 0 aliphatic rings. The molecular weight excluding hydrogens is 368 g/mol. The van der Waals surface area contributed by atoms with E-state index in [2.05, 4.69) is 5.32 Å². The number of hydrogen-bond donors (Lipinski definition) is 3. The second kappa shape index (κ2) is 9.15. The van der Waals surface area contributed by atoms with Gasteiger partial charge in [0, 0.05) is 0 Å². The highest BCUT2D eigenvalue weighted by atomic mass is 35.5. The van der Waals surface area contributed by atoms with Gasteiger partial charge in [-0.05, 0) is 22.3 Å². The van der Waals surface area contributed by atoms with Gasteiger partial charge in [0.15, 0.2) is 4.84 Å². The number of carbonyl (C=O) groups excluding carboxylic acids is 1. The molecule has 0 saturated carbocycles. The summed E-state index contributed by atoms with van der Waals surface area (Å²) in [6.07, 6.45) is -1.23. The number of hydrogen-bond acceptors (Lipinski definition) is 3. The molecule has 0 aromatic heterocycles. The van der Waals surface area contributed by atoms with Crippen LogP contribution in [0.1, 0.15) is 17.2 Å². The van der Waals surface area contributed by atoms with Gasteiger partial charge in [0.25, 0.3) is 5.91 Å². The first-order chi connectivity index (χ1) is 12.0. The fraction of sp³-hybridized carbons (Fsp3) is 0.278. The third-order valence-electron chi connectivity index (χ3n) is 3.80. The van der Waals surface area contributed by atoms with Gasteiger partial charge in [0.1, 0.15) is 12.8 Å². The molecule has 0 aliphatic heterocycles. The van der Waals surface area contributed by atoms with Crippen molar-refractivity contribution in [1.29, 1.82) is 0 Å². The monoisotopic (exact) mass is 385 g/mol. The Balaban J connectivity index is 2.12. The topological polar surface area (TPSA) is 69.6 Å². The lowest BCUT2D eigenvalue weighted by Crippen LogP contribution is -2.43. The summed E-state index contributed by atoms with van der Waals surface area (Å²) >= 11 is 10.8. The smallest absolute Gasteiger partial charge is 0.253 e. The number of halogens is 3. The van der Waals surface area contributed by atoms with Crippen LogP contribution in [-0.4, -0.2) is 33.7 Å². The van der Waals surface area contributed by atoms with E-state index in [4.69, 9.17) is 28.3 Å². The Hall–Kier alpha value is -1.66. The highest BCUT2D eigenvalue weighted by Gasteiger charge is 2.25. The summed E-state index contributed by atoms with van der Waals surface area (Å²) in [7, 11) is 0. The molecule has 0 radical (unpaired) electrons. The normalized spacial score (nSPS) is 13.5. The number of rotatable bonds is 7. The molecule has 0 spiro atoms. The van der Waals surface area contributed by atoms with E-state index in [0.29, 0.717) is 5.56 Å². The molecule has 4 nitrogen and oxygen atoms in total. The first-order valence-corrected chi connectivity index (χ1v) is 8.46. The number of benzene rings is 2. The summed E-state index contributed by atoms with van der Waals surface area (Å²) in [6, 6.07) is 13.2. The van der Waals surface area contributed by atoms with Gasteiger partial charge in [-0.3, -0.25) is 4.79 Å². The van der Waals surface area contributed by atoms with Crippen molar-refractivity contribution in [2.24, 2.45) is 0 Å². The molecule has 7 heteroatoms. The molecule has 134 valence electrons. The van der Waals surface area contributed by atoms with E-state index in [1.807, 2.05) is 24.3 Å². The van der Waals surface area contributed by atoms with Gasteiger partial charge < -0.3 is 15.5 Å². The molecular formula is C18H18Cl2FNO3. The van der Waals surface area contributed by atoms with Crippen LogP contribution >= 0.6 is 23.2 Å². The predicted molar refractivity (Wildman–Crippen MR) is 96.2 cm³/mol. The fourth-order valence-electron chi connectivity index (χ4n) is 2.36. The van der Waals surface area contributed by atoms with Crippen molar-refractivity contribution in [3.8, 4) is 11.1 Å². The van der Waals surface area contributed by atoms with Crippen LogP contribution in [0.2, 0.25) is 0 Å². The quantitative estimate of drug-likeness (QED) is 0.641. The summed E-state index contributed by atoms with van der Waals surface area (Å²) in [4.78, 5) is 10.1. The standard InChI is InChI=1S/C18H18Cl2FNO3/c19-17(20)18(25)22-15(9-21)16(24)14-7-5-13(6-8-14)12-3-1-11(10-23)2-4-12/h1-8,15-17,23-24H,9-10H2,(H,22,25). The molecule has 3 N–H and O–H groups in total. The molecule has 2 unspecified atom stereocenters. The van der Waals surface area contributed by atoms with E-state index in [-0.39, 0.29) is 6.61 Å². The zero-order valence-corrected chi connectivity index (χ0v) is 14.7. The molecule has 2 rings (SSSR count). The van der Waals surface area contributed by atoms with E-state index in [0.717, 1.165) is 16.7 Å². The summed E-state index contributed by atoms with van der Waals surface area (Å²) in [5, 5.41) is 21.6. The minimum atomic E-state index is -1.33. The summed E-state index contributed by atoms with van der Waals surface area (Å²) < 4.78 is 13.2. The minimum Gasteiger partial charge on any atom is -0.392 e. The van der Waals surface area contributed by atoms with Crippen molar-refractivity contribution in [2.75, 3.05) is 6.67 Å². The van der Waals surface area contributed by atoms with Crippen LogP contribution in [0.15, 0.2) is 48.5 Å². The van der Waals surface area contributed by atoms with Gasteiger partial charge in [-0.2, -0.15) is 0 Å². The van der Waals surface area contributed by atoms with E-state index < -0.39 is 29.6 Å². The minimum absolute atomic E-state index is 0.0206. The average molecular weight is 386 g/mol. The molecule has 1 amide bonds. The first-order valence-electron chi connectivity index (χ1n) is 7.59. The van der Waals surface area contributed by atoms with Crippen molar-refractivity contribution in [3.05, 3.63) is 59.7 Å². The largest absolute Gasteiger partial charge is 0.392 e. The Kier molecular flexibility index (Phi) is 7.20. The van der Waals surface area contributed by atoms with Gasteiger partial charge >= 0.3 is 0 Å². The molecule has 0 saturated heterocycles. The molecule has 0 aliphatic carbocycles. The van der Waals surface area contributed by atoms with E-state index in [1.54, 1.807) is 24.3 Å². The maximum Gasteiger partial charge on any atom is 0.253 e. The van der Waals surface area contributed by atoms with Gasteiger partial charge in [-0.15, -0.1) is 0 Å². The van der Waals surface area contributed by atoms with Crippen LogP contribution in [-0.2, 0) is 11.4 Å². The van der Waals surface area contributed by atoms with Crippen molar-refractivity contribution < 1.29 is 19.4 Å². The Morgan fingerprint density at radius 2 is 1.56 bits per heavy atom. The maximum absolute atomic E-state index is 13.2. The molecule has 25 heavy (non-hydrogen) atoms. The van der Waals surface area contributed by atoms with E-state index in [9.17, 15) is 14.3 Å². The highest BCUT2D eigenvalue weighted by molar-refractivity contribution is 6.53. The predicted octanol–water partition coefficient (Wildman–Crippen LogP) is 3.14. The van der Waals surface area contributed by atoms with E-state index in [1.165, 1.54) is 0 Å². The lowest BCUT2D eigenvalue weighted by Gasteiger charge is -2.22. The zero-order valence-electron chi connectivity index (χ0n) is 13.2. The fourth-order valence-corrected chi connectivity index (χ4v) is 2.48. The van der Waals surface area contributed by atoms with Crippen LogP contribution in [0.3, 0.4) is 0 Å². The number of aliphatic hydroxyl groups excluding tert-OH is 2. The first kappa shape index (κ1) is 19.7. The van der Waals surface area contributed by atoms with Crippen molar-refractivity contribution >= 4 is 29.1 Å². The summed E-state index contributed by atoms with van der Waals surface area (Å²) in [6.45, 7) is -0.981. The van der Waals surface area contributed by atoms with Crippen LogP contribution < -0.4 is 5.32 Å². The molecule has 0 heterocycles. The highest BCUT2D eigenvalue weighted by Crippen LogP contribution is 2.24. The number of amides is 1. The second-order valence-electron chi connectivity index (χ2n) is 5.49. The number of carbonyl (C=O) groups is 1. The molecule has 2 aromatic carbocycles. The third-order valence-corrected chi connectivity index (χ3v) is 4.19. The number of nitrogens with one attached hydrogen (secondary N) is 1. The number of aliphatic hydroxyl groups is 2. The van der Waals surface area contributed by atoms with Crippen molar-refractivity contribution in [2.45, 2.75) is 23.6 Å². The zero-order chi connectivity index (χ0) is 18.4. The lowest BCUT2D eigenvalue weighted by molar-refractivity contribution is -0.121. The summed E-state index contributed by atoms with van der Waals surface area (Å²) in [5.41, 5.74) is 3.12. The lowest BCUT2D eigenvalue weighted by atomic mass is 9.98. The Morgan fingerprint density at radius 1 is 1.04 bits per heavy atom. The number of alkyl halides is 3. The van der Waals surface area contributed by atoms with Crippen molar-refractivity contribution in [3.63, 3.8) is 0 Å². The molecule has 0 bridgehead atoms. The van der Waals surface area contributed by atoms with Crippen LogP contribution in [0.25, 0.3) is 11.1 Å². The summed E-state index contributed by atoms with van der Waals surface area (Å²) in [5.74, 6) is -0.759. The second-order valence-corrected chi connectivity index (χ2v) is 6.59. The van der Waals surface area contributed by atoms with Crippen molar-refractivity contribution in [1.82, 2.24) is 5.32 Å². The van der Waals surface area contributed by atoms with Gasteiger partial charge in [0.2, 0.25) is 0 Å². The van der Waals surface area contributed by atoms with Gasteiger partial charge in [-0.25, -0.2) is 4.39 Å². The van der Waals surface area contributed by atoms with E-state index >= 15 is 0 Å². The maximum atomic E-state index is 13.2. The molecule has 2 aromatic rings. The van der Waals surface area contributed by atoms with Crippen LogP contribution in [0, 0.1) is 0 Å². The van der Waals surface area contributed by atoms with Crippen LogP contribution in [0.4, 0.5) is 4.39 Å². The van der Waals surface area contributed by atoms with Gasteiger partial charge in [-0.1, -0.05) is 71.7 Å². The SMILES string of the molecule is O=C(NC(CF)C(O)c1ccc(-c2ccc(CO)cc2)cc1)C(Cl)Cl. The Labute approximate surface area is 155 Å². The molecule has 0 fully saturated rings. The van der Waals surface area contributed by atoms with Crippen LogP contribution in [0.5, 0.6) is 0 Å². The third kappa shape index (κ3) is 5.16. The Morgan fingerprint density at radius 3 is 2.00 bits per heavy atom.